The van der Waals surface area contributed by atoms with E-state index in [1.54, 1.807) is 30.3 Å². The van der Waals surface area contributed by atoms with E-state index in [4.69, 9.17) is 5.73 Å². The topological polar surface area (TPSA) is 72.2 Å². The van der Waals surface area contributed by atoms with E-state index in [0.717, 1.165) is 10.5 Å². The van der Waals surface area contributed by atoms with Crippen LogP contribution in [0, 0.1) is 5.82 Å². The summed E-state index contributed by atoms with van der Waals surface area (Å²) in [7, 11) is 0. The van der Waals surface area contributed by atoms with Gasteiger partial charge in [-0.3, -0.25) is 9.59 Å². The predicted molar refractivity (Wildman–Crippen MR) is 85.1 cm³/mol. The van der Waals surface area contributed by atoms with Gasteiger partial charge in [-0.25, -0.2) is 4.39 Å². The number of halogens is 1. The molecule has 22 heavy (non-hydrogen) atoms. The van der Waals surface area contributed by atoms with Crippen LogP contribution in [0.5, 0.6) is 0 Å². The fourth-order valence-corrected chi connectivity index (χ4v) is 2.57. The van der Waals surface area contributed by atoms with Crippen LogP contribution in [0.2, 0.25) is 0 Å². The molecule has 0 radical (unpaired) electrons. The Morgan fingerprint density at radius 1 is 1.09 bits per heavy atom. The lowest BCUT2D eigenvalue weighted by molar-refractivity contribution is -0.116. The first-order valence-electron chi connectivity index (χ1n) is 6.59. The fourth-order valence-electron chi connectivity index (χ4n) is 1.83. The molecule has 2 aromatic rings. The lowest BCUT2D eigenvalue weighted by Crippen LogP contribution is -2.16. The van der Waals surface area contributed by atoms with Crippen molar-refractivity contribution in [1.29, 1.82) is 0 Å². The molecule has 0 aliphatic rings. The van der Waals surface area contributed by atoms with E-state index in [1.807, 2.05) is 6.07 Å². The molecule has 114 valence electrons. The lowest BCUT2D eigenvalue weighted by Gasteiger charge is -2.10. The van der Waals surface area contributed by atoms with Crippen LogP contribution in [0.4, 0.5) is 10.1 Å². The van der Waals surface area contributed by atoms with Crippen LogP contribution in [-0.2, 0) is 16.0 Å². The number of para-hydroxylation sites is 1. The van der Waals surface area contributed by atoms with E-state index in [9.17, 15) is 14.0 Å². The molecule has 0 aliphatic carbocycles. The molecule has 0 aliphatic heterocycles. The molecular weight excluding hydrogens is 303 g/mol. The van der Waals surface area contributed by atoms with E-state index in [-0.39, 0.29) is 23.9 Å². The average Bonchev–Trinajstić information content (AvgIpc) is 2.48. The second-order valence-electron chi connectivity index (χ2n) is 4.60. The highest BCUT2D eigenvalue weighted by molar-refractivity contribution is 8.00. The van der Waals surface area contributed by atoms with Crippen molar-refractivity contribution in [2.45, 2.75) is 11.3 Å². The van der Waals surface area contributed by atoms with E-state index in [2.05, 4.69) is 5.32 Å². The van der Waals surface area contributed by atoms with E-state index >= 15 is 0 Å². The van der Waals surface area contributed by atoms with Crippen LogP contribution in [0.25, 0.3) is 0 Å². The number of rotatable bonds is 6. The molecule has 2 amide bonds. The van der Waals surface area contributed by atoms with Crippen molar-refractivity contribution in [3.63, 3.8) is 0 Å². The standard InChI is InChI=1S/C16H15FN2O2S/c17-12-7-5-11(6-8-12)9-16(21)19-13-3-1-2-4-14(13)22-10-15(18)20/h1-8H,9-10H2,(H2,18,20)(H,19,21). The molecule has 0 atom stereocenters. The molecule has 2 rings (SSSR count). The van der Waals surface area contributed by atoms with Gasteiger partial charge in [0, 0.05) is 4.90 Å². The monoisotopic (exact) mass is 318 g/mol. The Bertz CT molecular complexity index is 674. The number of anilines is 1. The zero-order valence-electron chi connectivity index (χ0n) is 11.7. The molecule has 0 spiro atoms. The Morgan fingerprint density at radius 2 is 1.77 bits per heavy atom. The maximum atomic E-state index is 12.8. The van der Waals surface area contributed by atoms with E-state index in [0.29, 0.717) is 5.69 Å². The minimum absolute atomic E-state index is 0.144. The predicted octanol–water partition coefficient (Wildman–Crippen LogP) is 2.58. The Kier molecular flexibility index (Phi) is 5.55. The molecule has 0 unspecified atom stereocenters. The van der Waals surface area contributed by atoms with E-state index < -0.39 is 5.91 Å². The number of carbonyl (C=O) groups excluding carboxylic acids is 2. The molecular formula is C16H15FN2O2S. The smallest absolute Gasteiger partial charge is 0.228 e. The van der Waals surface area contributed by atoms with Gasteiger partial charge >= 0.3 is 0 Å². The summed E-state index contributed by atoms with van der Waals surface area (Å²) in [6.07, 6.45) is 0.148. The number of nitrogens with one attached hydrogen (secondary N) is 1. The summed E-state index contributed by atoms with van der Waals surface area (Å²) in [4.78, 5) is 23.7. The second-order valence-corrected chi connectivity index (χ2v) is 5.62. The molecule has 0 heterocycles. The van der Waals surface area contributed by atoms with Gasteiger partial charge in [-0.05, 0) is 29.8 Å². The van der Waals surface area contributed by atoms with Crippen molar-refractivity contribution < 1.29 is 14.0 Å². The molecule has 0 fully saturated rings. The summed E-state index contributed by atoms with van der Waals surface area (Å²) in [5.41, 5.74) is 6.48. The summed E-state index contributed by atoms with van der Waals surface area (Å²) >= 11 is 1.27. The third-order valence-corrected chi connectivity index (χ3v) is 3.90. The van der Waals surface area contributed by atoms with Crippen LogP contribution in [0.15, 0.2) is 53.4 Å². The van der Waals surface area contributed by atoms with Gasteiger partial charge in [-0.2, -0.15) is 0 Å². The summed E-state index contributed by atoms with van der Waals surface area (Å²) in [5, 5.41) is 2.79. The van der Waals surface area contributed by atoms with Crippen molar-refractivity contribution in [2.24, 2.45) is 5.73 Å². The zero-order valence-corrected chi connectivity index (χ0v) is 12.5. The summed E-state index contributed by atoms with van der Waals surface area (Å²) in [6.45, 7) is 0. The van der Waals surface area contributed by atoms with Crippen LogP contribution >= 0.6 is 11.8 Å². The number of amides is 2. The molecule has 2 aromatic carbocycles. The zero-order chi connectivity index (χ0) is 15.9. The Balaban J connectivity index is 2.01. The third kappa shape index (κ3) is 4.89. The number of hydrogen-bond acceptors (Lipinski definition) is 3. The van der Waals surface area contributed by atoms with Crippen molar-refractivity contribution in [3.8, 4) is 0 Å². The Morgan fingerprint density at radius 3 is 2.45 bits per heavy atom. The molecule has 0 saturated carbocycles. The first-order valence-corrected chi connectivity index (χ1v) is 7.57. The number of carbonyl (C=O) groups is 2. The SMILES string of the molecule is NC(=O)CSc1ccccc1NC(=O)Cc1ccc(F)cc1. The molecule has 3 N–H and O–H groups in total. The Hall–Kier alpha value is -2.34. The summed E-state index contributed by atoms with van der Waals surface area (Å²) < 4.78 is 12.8. The molecule has 0 aromatic heterocycles. The van der Waals surface area contributed by atoms with Gasteiger partial charge in [0.2, 0.25) is 11.8 Å². The van der Waals surface area contributed by atoms with E-state index in [1.165, 1.54) is 23.9 Å². The van der Waals surface area contributed by atoms with Gasteiger partial charge in [0.25, 0.3) is 0 Å². The highest BCUT2D eigenvalue weighted by Gasteiger charge is 2.09. The van der Waals surface area contributed by atoms with Crippen LogP contribution < -0.4 is 11.1 Å². The lowest BCUT2D eigenvalue weighted by atomic mass is 10.1. The number of nitrogens with two attached hydrogens (primary N) is 1. The van der Waals surface area contributed by atoms with Gasteiger partial charge in [0.05, 0.1) is 17.9 Å². The first kappa shape index (κ1) is 16.0. The van der Waals surface area contributed by atoms with Crippen LogP contribution in [0.3, 0.4) is 0 Å². The fraction of sp³-hybridized carbons (Fsp3) is 0.125. The summed E-state index contributed by atoms with van der Waals surface area (Å²) in [5.74, 6) is -0.821. The van der Waals surface area contributed by atoms with Gasteiger partial charge in [-0.1, -0.05) is 24.3 Å². The average molecular weight is 318 g/mol. The molecule has 0 saturated heterocycles. The normalized spacial score (nSPS) is 10.2. The van der Waals surface area contributed by atoms with Crippen molar-refractivity contribution in [2.75, 3.05) is 11.1 Å². The third-order valence-electron chi connectivity index (χ3n) is 2.81. The number of benzene rings is 2. The number of thioether (sulfide) groups is 1. The van der Waals surface area contributed by atoms with Gasteiger partial charge in [0.15, 0.2) is 0 Å². The first-order chi connectivity index (χ1) is 10.5. The summed E-state index contributed by atoms with van der Waals surface area (Å²) in [6, 6.07) is 13.0. The quantitative estimate of drug-likeness (QED) is 0.804. The van der Waals surface area contributed by atoms with Gasteiger partial charge < -0.3 is 11.1 Å². The highest BCUT2D eigenvalue weighted by atomic mass is 32.2. The highest BCUT2D eigenvalue weighted by Crippen LogP contribution is 2.26. The van der Waals surface area contributed by atoms with Crippen LogP contribution in [-0.4, -0.2) is 17.6 Å². The minimum Gasteiger partial charge on any atom is -0.369 e. The van der Waals surface area contributed by atoms with Gasteiger partial charge in [0.1, 0.15) is 5.82 Å². The molecule has 4 nitrogen and oxygen atoms in total. The van der Waals surface area contributed by atoms with Crippen molar-refractivity contribution in [1.82, 2.24) is 0 Å². The van der Waals surface area contributed by atoms with Gasteiger partial charge in [-0.15, -0.1) is 11.8 Å². The largest absolute Gasteiger partial charge is 0.369 e. The number of primary amides is 1. The van der Waals surface area contributed by atoms with Crippen LogP contribution in [0.1, 0.15) is 5.56 Å². The number of hydrogen-bond donors (Lipinski definition) is 2. The maximum Gasteiger partial charge on any atom is 0.228 e. The minimum atomic E-state index is -0.419. The van der Waals surface area contributed by atoms with Crippen molar-refractivity contribution >= 4 is 29.3 Å². The molecule has 6 heteroatoms. The second kappa shape index (κ2) is 7.61. The molecule has 0 bridgehead atoms. The maximum absolute atomic E-state index is 12.8. The Labute approximate surface area is 131 Å². The van der Waals surface area contributed by atoms with Crippen molar-refractivity contribution in [3.05, 3.63) is 59.9 Å².